The number of aromatic nitrogens is 1. The van der Waals surface area contributed by atoms with Gasteiger partial charge >= 0.3 is 7.12 Å². The van der Waals surface area contributed by atoms with Crippen LogP contribution in [0.15, 0.2) is 17.2 Å². The predicted octanol–water partition coefficient (Wildman–Crippen LogP) is 3.14. The van der Waals surface area contributed by atoms with Gasteiger partial charge in [-0.2, -0.15) is 0 Å². The highest BCUT2D eigenvalue weighted by molar-refractivity contribution is 7.91. The van der Waals surface area contributed by atoms with Crippen LogP contribution in [0.5, 0.6) is 0 Å². The molecule has 1 aromatic heterocycles. The maximum Gasteiger partial charge on any atom is 0.496 e. The molecule has 0 spiro atoms. The van der Waals surface area contributed by atoms with Gasteiger partial charge < -0.3 is 9.31 Å². The maximum atomic E-state index is 13.4. The van der Waals surface area contributed by atoms with E-state index >= 15 is 0 Å². The van der Waals surface area contributed by atoms with Gasteiger partial charge in [-0.15, -0.1) is 0 Å². The Balaban J connectivity index is 2.51. The van der Waals surface area contributed by atoms with Gasteiger partial charge in [-0.3, -0.25) is 4.98 Å². The zero-order valence-corrected chi connectivity index (χ0v) is 17.1. The first kappa shape index (κ1) is 21.2. The minimum atomic E-state index is -3.96. The molecule has 1 aliphatic rings. The third-order valence-electron chi connectivity index (χ3n) is 4.59. The topological polar surface area (TPSA) is 65.5 Å². The Morgan fingerprint density at radius 3 is 2.08 bits per heavy atom. The fourth-order valence-electron chi connectivity index (χ4n) is 2.64. The van der Waals surface area contributed by atoms with Crippen molar-refractivity contribution in [3.63, 3.8) is 0 Å². The van der Waals surface area contributed by atoms with Crippen molar-refractivity contribution in [1.29, 1.82) is 0 Å². The molecule has 1 aromatic rings. The van der Waals surface area contributed by atoms with Crippen molar-refractivity contribution >= 4 is 22.4 Å². The molecule has 1 saturated heterocycles. The van der Waals surface area contributed by atoms with E-state index in [9.17, 15) is 17.2 Å². The number of halogens is 2. The SMILES string of the molecule is CC(C)(C)CS(=O)(=O)c1cc(B2OC(C)(C)C(C)(C)O2)cnc1C(F)F. The van der Waals surface area contributed by atoms with Gasteiger partial charge in [-0.1, -0.05) is 20.8 Å². The van der Waals surface area contributed by atoms with Gasteiger partial charge in [0.2, 0.25) is 0 Å². The standard InChI is InChI=1S/C17H26BF2NO4S/c1-15(2,3)10-26(22,23)12-8-11(9-21-13(12)14(19)20)18-24-16(4,5)17(6,7)25-18/h8-9,14H,10H2,1-7H3. The summed E-state index contributed by atoms with van der Waals surface area (Å²) in [5, 5.41) is 0. The van der Waals surface area contributed by atoms with E-state index in [1.807, 2.05) is 27.7 Å². The van der Waals surface area contributed by atoms with E-state index in [1.54, 1.807) is 20.8 Å². The fourth-order valence-corrected chi connectivity index (χ4v) is 4.71. The largest absolute Gasteiger partial charge is 0.496 e. The molecule has 2 rings (SSSR count). The quantitative estimate of drug-likeness (QED) is 0.741. The second-order valence-corrected chi connectivity index (χ2v) is 10.8. The zero-order valence-electron chi connectivity index (χ0n) is 16.3. The molecule has 0 radical (unpaired) electrons. The highest BCUT2D eigenvalue weighted by atomic mass is 32.2. The Hall–Kier alpha value is -1.06. The van der Waals surface area contributed by atoms with Gasteiger partial charge in [-0.25, -0.2) is 17.2 Å². The van der Waals surface area contributed by atoms with Crippen LogP contribution in [0.3, 0.4) is 0 Å². The van der Waals surface area contributed by atoms with Crippen molar-refractivity contribution < 1.29 is 26.5 Å². The molecule has 0 atom stereocenters. The first-order valence-electron chi connectivity index (χ1n) is 8.42. The summed E-state index contributed by atoms with van der Waals surface area (Å²) < 4.78 is 63.9. The number of pyridine rings is 1. The van der Waals surface area contributed by atoms with Gasteiger partial charge in [0.05, 0.1) is 21.9 Å². The van der Waals surface area contributed by atoms with Crippen molar-refractivity contribution in [3.05, 3.63) is 18.0 Å². The van der Waals surface area contributed by atoms with Crippen molar-refractivity contribution in [3.8, 4) is 0 Å². The lowest BCUT2D eigenvalue weighted by Crippen LogP contribution is -2.41. The van der Waals surface area contributed by atoms with Gasteiger partial charge in [-0.05, 0) is 39.2 Å². The summed E-state index contributed by atoms with van der Waals surface area (Å²) >= 11 is 0. The Bertz CT molecular complexity index is 772. The van der Waals surface area contributed by atoms with E-state index in [4.69, 9.17) is 9.31 Å². The van der Waals surface area contributed by atoms with Crippen LogP contribution < -0.4 is 5.46 Å². The third kappa shape index (κ3) is 4.26. The van der Waals surface area contributed by atoms with Crippen molar-refractivity contribution in [2.75, 3.05) is 5.75 Å². The molecule has 0 N–H and O–H groups in total. The van der Waals surface area contributed by atoms with Crippen LogP contribution >= 0.6 is 0 Å². The molecule has 0 amide bonds. The van der Waals surface area contributed by atoms with Gasteiger partial charge in [0.1, 0.15) is 5.69 Å². The summed E-state index contributed by atoms with van der Waals surface area (Å²) in [4.78, 5) is 3.26. The number of hydrogen-bond donors (Lipinski definition) is 0. The summed E-state index contributed by atoms with van der Waals surface area (Å²) in [6.45, 7) is 12.6. The number of rotatable bonds is 4. The van der Waals surface area contributed by atoms with Crippen LogP contribution in [-0.4, -0.2) is 37.5 Å². The van der Waals surface area contributed by atoms with Crippen LogP contribution in [0.4, 0.5) is 8.78 Å². The van der Waals surface area contributed by atoms with Crippen LogP contribution in [0.2, 0.25) is 0 Å². The van der Waals surface area contributed by atoms with E-state index in [2.05, 4.69) is 4.98 Å². The molecule has 0 bridgehead atoms. The Kier molecular flexibility index (Phi) is 5.33. The molecule has 5 nitrogen and oxygen atoms in total. The molecular formula is C17H26BF2NO4S. The molecule has 0 saturated carbocycles. The summed E-state index contributed by atoms with van der Waals surface area (Å²) in [5.74, 6) is -0.270. The lowest BCUT2D eigenvalue weighted by molar-refractivity contribution is 0.00578. The Morgan fingerprint density at radius 2 is 1.65 bits per heavy atom. The first-order chi connectivity index (χ1) is 11.6. The minimum absolute atomic E-state index is 0.270. The highest BCUT2D eigenvalue weighted by Gasteiger charge is 2.52. The van der Waals surface area contributed by atoms with E-state index in [-0.39, 0.29) is 5.75 Å². The van der Waals surface area contributed by atoms with Crippen LogP contribution in [0.25, 0.3) is 0 Å². The summed E-state index contributed by atoms with van der Waals surface area (Å²) in [5.41, 5.74) is -2.29. The highest BCUT2D eigenvalue weighted by Crippen LogP contribution is 2.37. The number of nitrogens with zero attached hydrogens (tertiary/aromatic N) is 1. The Morgan fingerprint density at radius 1 is 1.15 bits per heavy atom. The van der Waals surface area contributed by atoms with E-state index in [1.165, 1.54) is 12.3 Å². The fraction of sp³-hybridized carbons (Fsp3) is 0.706. The lowest BCUT2D eigenvalue weighted by atomic mass is 9.80. The number of hydrogen-bond acceptors (Lipinski definition) is 5. The molecule has 2 heterocycles. The second-order valence-electron chi connectivity index (χ2n) is 8.86. The Labute approximate surface area is 154 Å². The van der Waals surface area contributed by atoms with E-state index in [0.29, 0.717) is 5.46 Å². The molecular weight excluding hydrogens is 363 g/mol. The molecule has 0 unspecified atom stereocenters. The molecule has 26 heavy (non-hydrogen) atoms. The molecule has 146 valence electrons. The van der Waals surface area contributed by atoms with Gasteiger partial charge in [0.25, 0.3) is 6.43 Å². The van der Waals surface area contributed by atoms with Crippen molar-refractivity contribution in [2.24, 2.45) is 5.41 Å². The smallest absolute Gasteiger partial charge is 0.399 e. The summed E-state index contributed by atoms with van der Waals surface area (Å²) in [6.07, 6.45) is -1.80. The minimum Gasteiger partial charge on any atom is -0.399 e. The molecule has 9 heteroatoms. The van der Waals surface area contributed by atoms with Gasteiger partial charge in [0, 0.05) is 11.7 Å². The average molecular weight is 389 g/mol. The number of alkyl halides is 2. The molecule has 1 aliphatic heterocycles. The summed E-state index contributed by atoms with van der Waals surface area (Å²) in [6, 6.07) is 1.21. The monoisotopic (exact) mass is 389 g/mol. The third-order valence-corrected chi connectivity index (χ3v) is 6.84. The van der Waals surface area contributed by atoms with Crippen LogP contribution in [0.1, 0.15) is 60.6 Å². The maximum absolute atomic E-state index is 13.4. The molecule has 1 fully saturated rings. The normalized spacial score (nSPS) is 20.0. The first-order valence-corrected chi connectivity index (χ1v) is 10.1. The van der Waals surface area contributed by atoms with Crippen LogP contribution in [-0.2, 0) is 19.1 Å². The second kappa shape index (κ2) is 6.53. The lowest BCUT2D eigenvalue weighted by Gasteiger charge is -2.32. The van der Waals surface area contributed by atoms with Crippen LogP contribution in [0, 0.1) is 5.41 Å². The average Bonchev–Trinajstić information content (AvgIpc) is 2.64. The van der Waals surface area contributed by atoms with Crippen molar-refractivity contribution in [2.45, 2.75) is 71.0 Å². The van der Waals surface area contributed by atoms with Gasteiger partial charge in [0.15, 0.2) is 9.84 Å². The summed E-state index contributed by atoms with van der Waals surface area (Å²) in [7, 11) is -4.83. The molecule has 0 aliphatic carbocycles. The zero-order chi connectivity index (χ0) is 20.1. The molecule has 0 aromatic carbocycles. The van der Waals surface area contributed by atoms with E-state index in [0.717, 1.165) is 0 Å². The number of sulfone groups is 1. The predicted molar refractivity (Wildman–Crippen MR) is 96.4 cm³/mol. The van der Waals surface area contributed by atoms with Crippen molar-refractivity contribution in [1.82, 2.24) is 4.98 Å². The van der Waals surface area contributed by atoms with E-state index < -0.39 is 50.6 Å².